The molecule has 34 heavy (non-hydrogen) atoms. The predicted octanol–water partition coefficient (Wildman–Crippen LogP) is 4.74. The van der Waals surface area contributed by atoms with Crippen LogP contribution in [0, 0.1) is 0 Å². The van der Waals surface area contributed by atoms with Gasteiger partial charge in [0.25, 0.3) is 5.56 Å². The normalized spacial score (nSPS) is 11.9. The highest BCUT2D eigenvalue weighted by Gasteiger charge is 2.16. The summed E-state index contributed by atoms with van der Waals surface area (Å²) in [6.07, 6.45) is 1.77. The van der Waals surface area contributed by atoms with Crippen LogP contribution in [0.15, 0.2) is 76.0 Å². The number of amides is 1. The Morgan fingerprint density at radius 2 is 1.94 bits per heavy atom. The van der Waals surface area contributed by atoms with Gasteiger partial charge in [-0.05, 0) is 54.5 Å². The molecule has 0 radical (unpaired) electrons. The summed E-state index contributed by atoms with van der Waals surface area (Å²) in [6.45, 7) is 2.37. The molecule has 8 heteroatoms. The number of nitrogens with one attached hydrogen (secondary N) is 1. The van der Waals surface area contributed by atoms with Crippen LogP contribution in [-0.4, -0.2) is 34.4 Å². The third kappa shape index (κ3) is 6.07. The van der Waals surface area contributed by atoms with Crippen LogP contribution in [0.4, 0.5) is 0 Å². The van der Waals surface area contributed by atoms with E-state index in [1.807, 2.05) is 60.8 Å². The number of aromatic nitrogens is 2. The Bertz CT molecular complexity index is 1320. The van der Waals surface area contributed by atoms with Crippen LogP contribution in [0.5, 0.6) is 5.75 Å². The molecule has 1 atom stereocenters. The zero-order valence-corrected chi connectivity index (χ0v) is 20.8. The molecule has 2 aromatic heterocycles. The maximum absolute atomic E-state index is 13.2. The van der Waals surface area contributed by atoms with Crippen molar-refractivity contribution in [2.45, 2.75) is 37.5 Å². The Labute approximate surface area is 207 Å². The largest absolute Gasteiger partial charge is 0.497 e. The molecule has 0 fully saturated rings. The quantitative estimate of drug-likeness (QED) is 0.255. The number of methoxy groups -OCH3 is 1. The second-order valence-electron chi connectivity index (χ2n) is 8.05. The first kappa shape index (κ1) is 24.0. The van der Waals surface area contributed by atoms with E-state index in [4.69, 9.17) is 4.74 Å². The molecular weight excluding hydrogens is 466 g/mol. The van der Waals surface area contributed by atoms with Gasteiger partial charge in [0.05, 0.1) is 24.9 Å². The Hall–Kier alpha value is -3.10. The highest BCUT2D eigenvalue weighted by molar-refractivity contribution is 7.99. The molecule has 4 rings (SSSR count). The number of aryl methyl sites for hydroxylation is 1. The van der Waals surface area contributed by atoms with Gasteiger partial charge in [-0.1, -0.05) is 54.2 Å². The molecule has 6 nitrogen and oxygen atoms in total. The molecule has 0 saturated carbocycles. The SMILES string of the molecule is COc1cccc(Cn2c(SCC(=O)N[C@@H](C)CCc3ccccc3)nc3ccsc3c2=O)c1. The third-order valence-electron chi connectivity index (χ3n) is 5.45. The summed E-state index contributed by atoms with van der Waals surface area (Å²) in [7, 11) is 1.62. The number of thioether (sulfide) groups is 1. The minimum Gasteiger partial charge on any atom is -0.497 e. The lowest BCUT2D eigenvalue weighted by Gasteiger charge is -2.15. The molecule has 0 aliphatic rings. The number of hydrogen-bond donors (Lipinski definition) is 1. The third-order valence-corrected chi connectivity index (χ3v) is 7.32. The number of carbonyl (C=O) groups is 1. The van der Waals surface area contributed by atoms with Crippen molar-refractivity contribution in [2.75, 3.05) is 12.9 Å². The molecule has 0 unspecified atom stereocenters. The summed E-state index contributed by atoms with van der Waals surface area (Å²) < 4.78 is 7.58. The van der Waals surface area contributed by atoms with E-state index in [0.29, 0.717) is 21.9 Å². The van der Waals surface area contributed by atoms with Gasteiger partial charge in [-0.25, -0.2) is 4.98 Å². The lowest BCUT2D eigenvalue weighted by Crippen LogP contribution is -2.34. The van der Waals surface area contributed by atoms with E-state index >= 15 is 0 Å². The minimum absolute atomic E-state index is 0.0552. The lowest BCUT2D eigenvalue weighted by atomic mass is 10.1. The summed E-state index contributed by atoms with van der Waals surface area (Å²) in [4.78, 5) is 30.5. The van der Waals surface area contributed by atoms with E-state index in [1.165, 1.54) is 28.7 Å². The molecule has 0 aliphatic heterocycles. The van der Waals surface area contributed by atoms with Crippen molar-refractivity contribution in [3.05, 3.63) is 87.5 Å². The molecule has 0 aliphatic carbocycles. The number of benzene rings is 2. The van der Waals surface area contributed by atoms with Gasteiger partial charge in [-0.15, -0.1) is 11.3 Å². The first-order valence-corrected chi connectivity index (χ1v) is 13.0. The van der Waals surface area contributed by atoms with Crippen LogP contribution >= 0.6 is 23.1 Å². The van der Waals surface area contributed by atoms with Crippen LogP contribution in [0.25, 0.3) is 10.2 Å². The van der Waals surface area contributed by atoms with Crippen molar-refractivity contribution < 1.29 is 9.53 Å². The smallest absolute Gasteiger partial charge is 0.272 e. The first-order chi connectivity index (χ1) is 16.5. The number of nitrogens with zero attached hydrogens (tertiary/aromatic N) is 2. The van der Waals surface area contributed by atoms with Gasteiger partial charge >= 0.3 is 0 Å². The molecule has 0 spiro atoms. The highest BCUT2D eigenvalue weighted by Crippen LogP contribution is 2.22. The Morgan fingerprint density at radius 1 is 1.15 bits per heavy atom. The lowest BCUT2D eigenvalue weighted by molar-refractivity contribution is -0.119. The van der Waals surface area contributed by atoms with Crippen molar-refractivity contribution in [3.63, 3.8) is 0 Å². The standard InChI is InChI=1S/C26H27N3O3S2/c1-18(11-12-19-7-4-3-5-8-19)27-23(30)17-34-26-28-22-13-14-33-24(22)25(31)29(26)16-20-9-6-10-21(15-20)32-2/h3-10,13-15,18H,11-12,16-17H2,1-2H3,(H,27,30)/t18-/m0/s1. The van der Waals surface area contributed by atoms with Gasteiger partial charge in [-0.3, -0.25) is 14.2 Å². The van der Waals surface area contributed by atoms with Crippen molar-refractivity contribution in [2.24, 2.45) is 0 Å². The summed E-state index contributed by atoms with van der Waals surface area (Å²) in [5.41, 5.74) is 2.76. The minimum atomic E-state index is -0.0954. The fourth-order valence-corrected chi connectivity index (χ4v) is 5.26. The maximum Gasteiger partial charge on any atom is 0.272 e. The monoisotopic (exact) mass is 493 g/mol. The molecule has 1 amide bonds. The van der Waals surface area contributed by atoms with E-state index < -0.39 is 0 Å². The fourth-order valence-electron chi connectivity index (χ4n) is 3.67. The predicted molar refractivity (Wildman–Crippen MR) is 139 cm³/mol. The Balaban J connectivity index is 1.44. The van der Waals surface area contributed by atoms with E-state index in [1.54, 1.807) is 11.7 Å². The average Bonchev–Trinajstić information content (AvgIpc) is 3.33. The maximum atomic E-state index is 13.2. The van der Waals surface area contributed by atoms with E-state index in [9.17, 15) is 9.59 Å². The molecule has 4 aromatic rings. The zero-order valence-electron chi connectivity index (χ0n) is 19.2. The number of carbonyl (C=O) groups excluding carboxylic acids is 1. The summed E-state index contributed by atoms with van der Waals surface area (Å²) in [6, 6.07) is 19.8. The summed E-state index contributed by atoms with van der Waals surface area (Å²) >= 11 is 2.67. The number of fused-ring (bicyclic) bond motifs is 1. The van der Waals surface area contributed by atoms with Gasteiger partial charge in [-0.2, -0.15) is 0 Å². The van der Waals surface area contributed by atoms with Crippen molar-refractivity contribution in [1.82, 2.24) is 14.9 Å². The summed E-state index contributed by atoms with van der Waals surface area (Å²) in [5.74, 6) is 0.850. The van der Waals surface area contributed by atoms with Crippen LogP contribution in [0.2, 0.25) is 0 Å². The molecule has 2 heterocycles. The average molecular weight is 494 g/mol. The molecule has 0 saturated heterocycles. The molecular formula is C26H27N3O3S2. The molecule has 2 aromatic carbocycles. The van der Waals surface area contributed by atoms with E-state index in [-0.39, 0.29) is 23.3 Å². The van der Waals surface area contributed by atoms with Gasteiger partial charge in [0.15, 0.2) is 5.16 Å². The number of thiophene rings is 1. The molecule has 176 valence electrons. The summed E-state index contributed by atoms with van der Waals surface area (Å²) in [5, 5.41) is 5.46. The topological polar surface area (TPSA) is 73.2 Å². The molecule has 1 N–H and O–H groups in total. The fraction of sp³-hybridized carbons (Fsp3) is 0.269. The van der Waals surface area contributed by atoms with Crippen LogP contribution in [0.3, 0.4) is 0 Å². The van der Waals surface area contributed by atoms with E-state index in [0.717, 1.165) is 24.2 Å². The number of ether oxygens (including phenoxy) is 1. The second kappa shape index (κ2) is 11.4. The van der Waals surface area contributed by atoms with E-state index in [2.05, 4.69) is 22.4 Å². The Morgan fingerprint density at radius 3 is 2.74 bits per heavy atom. The second-order valence-corrected chi connectivity index (χ2v) is 9.91. The molecule has 0 bridgehead atoms. The van der Waals surface area contributed by atoms with Gasteiger partial charge < -0.3 is 10.1 Å². The van der Waals surface area contributed by atoms with Crippen LogP contribution in [0.1, 0.15) is 24.5 Å². The van der Waals surface area contributed by atoms with Gasteiger partial charge in [0, 0.05) is 6.04 Å². The zero-order chi connectivity index (χ0) is 23.9. The van der Waals surface area contributed by atoms with Crippen LogP contribution < -0.4 is 15.6 Å². The van der Waals surface area contributed by atoms with Crippen LogP contribution in [-0.2, 0) is 17.8 Å². The number of rotatable bonds is 10. The first-order valence-electron chi connectivity index (χ1n) is 11.1. The van der Waals surface area contributed by atoms with Gasteiger partial charge in [0.2, 0.25) is 5.91 Å². The van der Waals surface area contributed by atoms with Crippen molar-refractivity contribution in [3.8, 4) is 5.75 Å². The highest BCUT2D eigenvalue weighted by atomic mass is 32.2. The van der Waals surface area contributed by atoms with Crippen molar-refractivity contribution in [1.29, 1.82) is 0 Å². The van der Waals surface area contributed by atoms with Gasteiger partial charge in [0.1, 0.15) is 10.4 Å². The Kier molecular flexibility index (Phi) is 8.03. The van der Waals surface area contributed by atoms with Crippen molar-refractivity contribution >= 4 is 39.2 Å². The number of hydrogen-bond acceptors (Lipinski definition) is 6.